The summed E-state index contributed by atoms with van der Waals surface area (Å²) in [4.78, 5) is 24.6. The normalized spacial score (nSPS) is 40.5. The number of carboxylic acids is 2. The lowest BCUT2D eigenvalue weighted by molar-refractivity contribution is -0.367. The first-order valence-corrected chi connectivity index (χ1v) is 24.5. The molecule has 4 rings (SSSR count). The molecule has 4 aliphatic heterocycles. The zero-order valence-electron chi connectivity index (χ0n) is 32.2. The molecule has 4 fully saturated rings. The maximum absolute atomic E-state index is 12.6. The van der Waals surface area contributed by atoms with Crippen molar-refractivity contribution in [2.75, 3.05) is 13.2 Å². The van der Waals surface area contributed by atoms with Crippen molar-refractivity contribution in [3.05, 3.63) is 0 Å². The van der Waals surface area contributed by atoms with Crippen molar-refractivity contribution in [1.82, 2.24) is 9.44 Å². The van der Waals surface area contributed by atoms with Crippen molar-refractivity contribution >= 4 is 63.7 Å². The van der Waals surface area contributed by atoms with E-state index >= 15 is 0 Å². The van der Waals surface area contributed by atoms with Crippen LogP contribution in [0.5, 0.6) is 0 Å². The summed E-state index contributed by atoms with van der Waals surface area (Å²) in [5.74, 6) is -4.47. The molecule has 392 valence electrons. The van der Waals surface area contributed by atoms with E-state index in [1.165, 1.54) is 9.44 Å². The number of nitrogens with one attached hydrogen (secondary N) is 2. The minimum Gasteiger partial charge on any atom is -0.479 e. The van der Waals surface area contributed by atoms with E-state index in [-0.39, 0.29) is 0 Å². The molecule has 4 aliphatic rings. The van der Waals surface area contributed by atoms with E-state index in [1.807, 2.05) is 0 Å². The van der Waals surface area contributed by atoms with Gasteiger partial charge >= 0.3 is 63.7 Å². The van der Waals surface area contributed by atoms with Crippen LogP contribution in [0.25, 0.3) is 0 Å². The summed E-state index contributed by atoms with van der Waals surface area (Å²) in [5.41, 5.74) is 0. The molecular formula is C24H40N2O36S5. The molecule has 0 bridgehead atoms. The van der Waals surface area contributed by atoms with Gasteiger partial charge in [-0.3, -0.25) is 22.8 Å². The highest BCUT2D eigenvalue weighted by atomic mass is 32.3. The summed E-state index contributed by atoms with van der Waals surface area (Å²) in [6.45, 7) is -2.94. The lowest BCUT2D eigenvalue weighted by Crippen LogP contribution is -2.70. The third kappa shape index (κ3) is 15.4. The summed E-state index contributed by atoms with van der Waals surface area (Å²) in [5, 5.41) is 94.1. The van der Waals surface area contributed by atoms with Crippen LogP contribution in [-0.4, -0.2) is 259 Å². The predicted molar refractivity (Wildman–Crippen MR) is 191 cm³/mol. The predicted octanol–water partition coefficient (Wildman–Crippen LogP) is -11.3. The van der Waals surface area contributed by atoms with Crippen LogP contribution in [0, 0.1) is 0 Å². The Bertz CT molecular complexity index is 2320. The standard InChI is InChI=1S/C24H40N2O36S5/c27-1-3-7(28)8(29)5(25-63(38,39)40)22(54-3)59-14-11(32)16(62-67(50,51)52)24(60-18(14)20(35)36)57-12-4(2-53-65(44,45)46)55-23(6(9(12)30)26-64(41,42)43)58-13-10(31)15(61-66(47,48)49)21(37)56-17(13)19(33)34/h3-18,21-32,37H,1-2H2,(H,33,34)(H,35,36)(H,38,39,40)(H,41,42,43)(H,44,45,46)(H,47,48,49)(H,50,51,52)/t3-,4-,5-,6-,7-,8-,9-,10+,11+,12-,13+,14+,15-,16-,17-,18-,21?,22-,23-,24-/m1/s1. The molecule has 0 radical (unpaired) electrons. The minimum absolute atomic E-state index is 1.21. The number of aliphatic hydroxyl groups excluding tert-OH is 7. The van der Waals surface area contributed by atoms with Crippen LogP contribution in [0.1, 0.15) is 0 Å². The van der Waals surface area contributed by atoms with Crippen LogP contribution in [0.3, 0.4) is 0 Å². The van der Waals surface area contributed by atoms with Crippen molar-refractivity contribution in [3.63, 3.8) is 0 Å². The van der Waals surface area contributed by atoms with Gasteiger partial charge < -0.3 is 79.1 Å². The number of ether oxygens (including phenoxy) is 7. The number of hydrogen-bond donors (Lipinski definition) is 16. The number of carboxylic acid groups (broad SMARTS) is 2. The zero-order chi connectivity index (χ0) is 51.1. The maximum Gasteiger partial charge on any atom is 0.397 e. The van der Waals surface area contributed by atoms with Crippen LogP contribution < -0.4 is 9.44 Å². The van der Waals surface area contributed by atoms with Gasteiger partial charge in [-0.15, -0.1) is 0 Å². The Morgan fingerprint density at radius 1 is 0.478 bits per heavy atom. The maximum atomic E-state index is 12.6. The number of aliphatic hydroxyl groups is 7. The average molecular weight is 1090 g/mol. The van der Waals surface area contributed by atoms with Gasteiger partial charge in [-0.2, -0.15) is 51.5 Å². The fraction of sp³-hybridized carbons (Fsp3) is 0.917. The molecule has 38 nitrogen and oxygen atoms in total. The van der Waals surface area contributed by atoms with Gasteiger partial charge in [0.05, 0.1) is 13.2 Å². The molecular weight excluding hydrogens is 1050 g/mol. The highest BCUT2D eigenvalue weighted by Gasteiger charge is 2.59. The molecule has 67 heavy (non-hydrogen) atoms. The first-order valence-electron chi connectivity index (χ1n) is 17.6. The molecule has 20 atom stereocenters. The minimum atomic E-state index is -5.97. The van der Waals surface area contributed by atoms with Gasteiger partial charge in [0.25, 0.3) is 0 Å². The van der Waals surface area contributed by atoms with Crippen molar-refractivity contribution in [2.45, 2.75) is 123 Å². The average Bonchev–Trinajstić information content (AvgIpc) is 3.15. The SMILES string of the molecule is O=C(O)[C@@H]1O[C@@H](O[C@H]2[C@H](O)[C@@H](NS(=O)(=O)O)[C@@H](O[C@H]3[C@H](O)[C@@H](OS(=O)(=O)O)C(O)O[C@H]3C(=O)O)O[C@@H]2COS(=O)(=O)O)[C@H](OS(=O)(=O)O)[C@@H](O)[C@@H]1O[C@H]1O[C@H](CO)[C@@H](O)[C@H](O)[C@H]1NS(=O)(=O)O. The Labute approximate surface area is 374 Å². The van der Waals surface area contributed by atoms with Crippen LogP contribution in [0.2, 0.25) is 0 Å². The quantitative estimate of drug-likeness (QED) is 0.0503. The smallest absolute Gasteiger partial charge is 0.397 e. The van der Waals surface area contributed by atoms with Gasteiger partial charge in [-0.25, -0.2) is 22.1 Å². The molecule has 1 unspecified atom stereocenters. The third-order valence-corrected chi connectivity index (χ3v) is 11.9. The molecule has 0 aromatic rings. The number of carbonyl (C=O) groups is 2. The van der Waals surface area contributed by atoms with Gasteiger partial charge in [0, 0.05) is 0 Å². The number of rotatable bonds is 20. The molecule has 0 amide bonds. The van der Waals surface area contributed by atoms with Gasteiger partial charge in [-0.05, 0) is 0 Å². The third-order valence-electron chi connectivity index (χ3n) is 9.39. The monoisotopic (exact) mass is 1090 g/mol. The summed E-state index contributed by atoms with van der Waals surface area (Å²) in [6, 6.07) is -5.18. The van der Waals surface area contributed by atoms with Crippen molar-refractivity contribution in [1.29, 1.82) is 0 Å². The molecule has 4 saturated heterocycles. The van der Waals surface area contributed by atoms with Crippen molar-refractivity contribution in [2.24, 2.45) is 0 Å². The Morgan fingerprint density at radius 2 is 0.896 bits per heavy atom. The second-order valence-electron chi connectivity index (χ2n) is 14.0. The van der Waals surface area contributed by atoms with Gasteiger partial charge in [0.1, 0.15) is 73.1 Å². The largest absolute Gasteiger partial charge is 0.479 e. The summed E-state index contributed by atoms with van der Waals surface area (Å²) < 4.78 is 216. The van der Waals surface area contributed by atoms with Crippen LogP contribution >= 0.6 is 0 Å². The first kappa shape index (κ1) is 57.3. The molecule has 0 aliphatic carbocycles. The van der Waals surface area contributed by atoms with E-state index in [0.717, 1.165) is 0 Å². The Balaban J connectivity index is 1.80. The number of aliphatic carboxylic acids is 2. The number of hydrogen-bond acceptors (Lipinski definition) is 29. The highest BCUT2D eigenvalue weighted by Crippen LogP contribution is 2.36. The van der Waals surface area contributed by atoms with Crippen molar-refractivity contribution in [3.8, 4) is 0 Å². The van der Waals surface area contributed by atoms with Crippen LogP contribution in [0.15, 0.2) is 0 Å². The van der Waals surface area contributed by atoms with E-state index in [9.17, 15) is 116 Å². The van der Waals surface area contributed by atoms with Gasteiger partial charge in [-0.1, -0.05) is 0 Å². The molecule has 16 N–H and O–H groups in total. The second-order valence-corrected chi connectivity index (χ2v) is 19.6. The van der Waals surface area contributed by atoms with E-state index in [2.05, 4.69) is 17.3 Å². The van der Waals surface area contributed by atoms with Gasteiger partial charge in [0.15, 0.2) is 49.6 Å². The highest BCUT2D eigenvalue weighted by molar-refractivity contribution is 7.84. The Hall–Kier alpha value is -2.27. The molecule has 43 heteroatoms. The molecule has 0 aromatic carbocycles. The molecule has 4 heterocycles. The zero-order valence-corrected chi connectivity index (χ0v) is 36.3. The molecule has 0 spiro atoms. The Morgan fingerprint density at radius 3 is 1.33 bits per heavy atom. The molecule has 0 saturated carbocycles. The summed E-state index contributed by atoms with van der Waals surface area (Å²) in [7, 11) is -28.4. The lowest BCUT2D eigenvalue weighted by atomic mass is 9.94. The lowest BCUT2D eigenvalue weighted by Gasteiger charge is -2.49. The van der Waals surface area contributed by atoms with E-state index in [1.54, 1.807) is 0 Å². The Kier molecular flexibility index (Phi) is 18.5. The summed E-state index contributed by atoms with van der Waals surface area (Å²) in [6.07, 6.45) is -48.5. The van der Waals surface area contributed by atoms with E-state index < -0.39 is 200 Å². The van der Waals surface area contributed by atoms with Crippen LogP contribution in [0.4, 0.5) is 0 Å². The van der Waals surface area contributed by atoms with Gasteiger partial charge in [0.2, 0.25) is 0 Å². The molecule has 0 aromatic heterocycles. The first-order chi connectivity index (χ1) is 30.4. The fourth-order valence-corrected chi connectivity index (χ4v) is 9.18. The second kappa shape index (κ2) is 21.6. The van der Waals surface area contributed by atoms with E-state index in [4.69, 9.17) is 33.0 Å². The fourth-order valence-electron chi connectivity index (χ4n) is 6.71. The van der Waals surface area contributed by atoms with Crippen LogP contribution in [-0.2, 0) is 107 Å². The topological polar surface area (TPSA) is 604 Å². The summed E-state index contributed by atoms with van der Waals surface area (Å²) >= 11 is 0. The van der Waals surface area contributed by atoms with Crippen molar-refractivity contribution < 1.29 is 166 Å². The van der Waals surface area contributed by atoms with E-state index in [0.29, 0.717) is 0 Å².